The highest BCUT2D eigenvalue weighted by Gasteiger charge is 2.46. The molecule has 1 aliphatic carbocycles. The number of aromatic nitrogens is 10. The number of amides is 4. The number of anilines is 2. The van der Waals surface area contributed by atoms with Gasteiger partial charge < -0.3 is 29.2 Å². The number of ether oxygens (including phenoxy) is 2. The zero-order chi connectivity index (χ0) is 59.4. The summed E-state index contributed by atoms with van der Waals surface area (Å²) >= 11 is 0. The quantitative estimate of drug-likeness (QED) is 0.0602. The number of likely N-dealkylation sites (tertiary alicyclic amines) is 3. The standard InChI is InChI=1S/C30H35F2N9O2.C30H34F2N8O2/c1-20-26(21-13-33-28(34-14-21)30(32)18-38(2)19-30)37-41(23-7-5-4-6-8-23)27(20)36-29(42)35-24-16-39(11-12-43-3)17-25(24)40-10-9-22(31)15-40;1-20-26(21-15-33-28(34-16-21)30(32)10-6-11-30)37-40(23-7-4-3-5-8-23)27(20)36-29(41)35-24-18-38(13-14-42-2)19-25(24)39-12-9-22(31)17-39/h4-10,13-15,24-25H,11-12,16-19H2,1-3H3,(H2,35,36,42);3-5,7-9,12,15-17,24-25H,6,10-11,13-14,18-19H2,1-2H3,(H2,35,36,41). The molecular weight excluding hydrogens is 1100 g/mol. The minimum atomic E-state index is -1.56. The van der Waals surface area contributed by atoms with Crippen LogP contribution in [0.3, 0.4) is 0 Å². The lowest BCUT2D eigenvalue weighted by Crippen LogP contribution is -2.55. The van der Waals surface area contributed by atoms with Crippen LogP contribution >= 0.6 is 0 Å². The van der Waals surface area contributed by atoms with E-state index < -0.39 is 23.4 Å². The van der Waals surface area contributed by atoms with Crippen molar-refractivity contribution in [1.29, 1.82) is 0 Å². The number of nitrogens with one attached hydrogen (secondary N) is 4. The monoisotopic (exact) mass is 1170 g/mol. The molecule has 0 radical (unpaired) electrons. The van der Waals surface area contributed by atoms with Crippen molar-refractivity contribution in [2.75, 3.05) is 97.5 Å². The molecule has 4 amide bonds. The third kappa shape index (κ3) is 12.7. The minimum absolute atomic E-state index is 0.153. The van der Waals surface area contributed by atoms with Crippen molar-refractivity contribution in [3.63, 3.8) is 0 Å². The van der Waals surface area contributed by atoms with Gasteiger partial charge in [0.05, 0.1) is 48.8 Å². The number of methoxy groups -OCH3 is 2. The van der Waals surface area contributed by atoms with E-state index in [1.165, 1.54) is 24.5 Å². The Morgan fingerprint density at radius 2 is 1.01 bits per heavy atom. The molecule has 3 saturated heterocycles. The molecule has 0 spiro atoms. The molecule has 25 heteroatoms. The summed E-state index contributed by atoms with van der Waals surface area (Å²) in [6.07, 6.45) is 14.3. The predicted molar refractivity (Wildman–Crippen MR) is 311 cm³/mol. The molecule has 4 unspecified atom stereocenters. The van der Waals surface area contributed by atoms with E-state index in [0.29, 0.717) is 111 Å². The van der Waals surface area contributed by atoms with Gasteiger partial charge in [0.1, 0.15) is 34.7 Å². The van der Waals surface area contributed by atoms with Gasteiger partial charge in [0.2, 0.25) is 0 Å². The van der Waals surface area contributed by atoms with Crippen LogP contribution in [0.5, 0.6) is 0 Å². The molecule has 8 aromatic rings. The number of hydrogen-bond acceptors (Lipinski definition) is 13. The first-order chi connectivity index (χ1) is 41.1. The second-order valence-electron chi connectivity index (χ2n) is 22.3. The summed E-state index contributed by atoms with van der Waals surface area (Å²) in [5.41, 5.74) is 2.28. The number of alkyl halides is 2. The van der Waals surface area contributed by atoms with Gasteiger partial charge >= 0.3 is 12.1 Å². The Bertz CT molecular complexity index is 3570. The second-order valence-corrected chi connectivity index (χ2v) is 22.3. The average Bonchev–Trinajstić information content (AvgIpc) is 3.06. The number of likely N-dealkylation sites (N-methyl/N-ethyl adjacent to an activating group) is 1. The van der Waals surface area contributed by atoms with E-state index in [-0.39, 0.29) is 60.5 Å². The number of rotatable bonds is 18. The summed E-state index contributed by atoms with van der Waals surface area (Å²) in [5.74, 6) is 0.658. The van der Waals surface area contributed by atoms with Gasteiger partial charge in [0.25, 0.3) is 0 Å². The summed E-state index contributed by atoms with van der Waals surface area (Å²) in [7, 11) is 5.15. The van der Waals surface area contributed by atoms with Crippen LogP contribution in [0.2, 0.25) is 0 Å². The maximum Gasteiger partial charge on any atom is 0.320 e. The Morgan fingerprint density at radius 1 is 0.600 bits per heavy atom. The van der Waals surface area contributed by atoms with E-state index in [9.17, 15) is 22.8 Å². The van der Waals surface area contributed by atoms with E-state index in [1.54, 1.807) is 69.9 Å². The highest BCUT2D eigenvalue weighted by atomic mass is 19.2. The predicted octanol–water partition coefficient (Wildman–Crippen LogP) is 8.00. The fourth-order valence-electron chi connectivity index (χ4n) is 11.6. The van der Waals surface area contributed by atoms with E-state index in [4.69, 9.17) is 19.7 Å². The second kappa shape index (κ2) is 25.1. The summed E-state index contributed by atoms with van der Waals surface area (Å²) in [6.45, 7) is 9.18. The molecule has 6 aromatic heterocycles. The summed E-state index contributed by atoms with van der Waals surface area (Å²) in [5, 5.41) is 21.8. The first-order valence-electron chi connectivity index (χ1n) is 28.3. The van der Waals surface area contributed by atoms with Gasteiger partial charge in [-0.15, -0.1) is 0 Å². The topological polar surface area (TPSA) is 208 Å². The Balaban J connectivity index is 0.000000177. The fraction of sp³-hybridized carbons (Fsp3) is 0.400. The Morgan fingerprint density at radius 3 is 1.36 bits per heavy atom. The number of para-hydroxylation sites is 2. The molecule has 21 nitrogen and oxygen atoms in total. The molecule has 3 aliphatic heterocycles. The Kier molecular flexibility index (Phi) is 17.2. The Hall–Kier alpha value is -8.36. The Labute approximate surface area is 489 Å². The maximum absolute atomic E-state index is 15.1. The number of nitrogens with zero attached hydrogens (tertiary/aromatic N) is 13. The van der Waals surface area contributed by atoms with Crippen molar-refractivity contribution in [2.24, 2.45) is 0 Å². The van der Waals surface area contributed by atoms with Crippen molar-refractivity contribution in [3.8, 4) is 33.9 Å². The molecule has 1 saturated carbocycles. The molecular formula is C60H69F4N17O4. The van der Waals surface area contributed by atoms with Crippen LogP contribution in [0.15, 0.2) is 122 Å². The summed E-state index contributed by atoms with van der Waals surface area (Å²) in [4.78, 5) is 50.5. The molecule has 85 heavy (non-hydrogen) atoms. The third-order valence-electron chi connectivity index (χ3n) is 16.3. The van der Waals surface area contributed by atoms with Crippen LogP contribution < -0.4 is 21.3 Å². The summed E-state index contributed by atoms with van der Waals surface area (Å²) < 4.78 is 75.0. The van der Waals surface area contributed by atoms with Crippen molar-refractivity contribution in [3.05, 3.63) is 157 Å². The van der Waals surface area contributed by atoms with Crippen molar-refractivity contribution < 1.29 is 36.6 Å². The van der Waals surface area contributed by atoms with Gasteiger partial charge in [0, 0.05) is 138 Å². The van der Waals surface area contributed by atoms with Gasteiger partial charge in [-0.25, -0.2) is 56.5 Å². The molecule has 12 rings (SSSR count). The number of halogens is 4. The van der Waals surface area contributed by atoms with Crippen LogP contribution in [-0.4, -0.2) is 174 Å². The normalized spacial score (nSPS) is 20.1. The van der Waals surface area contributed by atoms with Crippen molar-refractivity contribution in [1.82, 2.24) is 74.0 Å². The number of carbonyl (C=O) groups excluding carboxylic acids is 2. The molecule has 4 aliphatic rings. The molecule has 4 fully saturated rings. The van der Waals surface area contributed by atoms with Crippen molar-refractivity contribution in [2.45, 2.75) is 68.6 Å². The third-order valence-corrected chi connectivity index (χ3v) is 16.3. The average molecular weight is 1170 g/mol. The minimum Gasteiger partial charge on any atom is -0.383 e. The van der Waals surface area contributed by atoms with E-state index in [1.807, 2.05) is 86.5 Å². The number of benzene rings is 2. The first-order valence-corrected chi connectivity index (χ1v) is 28.3. The van der Waals surface area contributed by atoms with Gasteiger partial charge in [-0.05, 0) is 76.6 Å². The highest BCUT2D eigenvalue weighted by Crippen LogP contribution is 2.44. The van der Waals surface area contributed by atoms with Gasteiger partial charge in [-0.3, -0.25) is 25.3 Å². The zero-order valence-electron chi connectivity index (χ0n) is 48.0. The van der Waals surface area contributed by atoms with E-state index in [0.717, 1.165) is 17.8 Å². The zero-order valence-corrected chi connectivity index (χ0v) is 48.0. The first kappa shape index (κ1) is 58.4. The highest BCUT2D eigenvalue weighted by molar-refractivity contribution is 5.92. The van der Waals surface area contributed by atoms with Crippen LogP contribution in [0.1, 0.15) is 54.1 Å². The van der Waals surface area contributed by atoms with Crippen LogP contribution in [0, 0.1) is 25.5 Å². The largest absolute Gasteiger partial charge is 0.383 e. The molecule has 446 valence electrons. The van der Waals surface area contributed by atoms with Crippen LogP contribution in [-0.2, 0) is 20.8 Å². The lowest BCUT2D eigenvalue weighted by Gasteiger charge is -2.40. The van der Waals surface area contributed by atoms with Crippen molar-refractivity contribution >= 4 is 23.7 Å². The fourth-order valence-corrected chi connectivity index (χ4v) is 11.6. The SMILES string of the molecule is COCCN1CC(NC(=O)Nc2c(C)c(-c3cnc(C4(F)CCC4)nc3)nn2-c2ccccc2)C(n2ccc(F)c2)C1.COCCN1CC(NC(=O)Nc2c(C)c(-c3cnc(C4(F)CN(C)C4)nc3)nn2-c2ccccc2)C(n2ccc(F)c2)C1. The van der Waals surface area contributed by atoms with E-state index in [2.05, 4.69) is 51.0 Å². The van der Waals surface area contributed by atoms with E-state index >= 15 is 4.39 Å². The lowest BCUT2D eigenvalue weighted by atomic mass is 9.81. The molecule has 4 atom stereocenters. The molecule has 4 N–H and O–H groups in total. The van der Waals surface area contributed by atoms with Gasteiger partial charge in [0.15, 0.2) is 23.0 Å². The molecule has 2 aromatic carbocycles. The number of urea groups is 2. The molecule has 9 heterocycles. The summed E-state index contributed by atoms with van der Waals surface area (Å²) in [6, 6.07) is 20.0. The smallest absolute Gasteiger partial charge is 0.320 e. The lowest BCUT2D eigenvalue weighted by molar-refractivity contribution is -0.0265. The maximum atomic E-state index is 15.1. The van der Waals surface area contributed by atoms with Crippen LogP contribution in [0.4, 0.5) is 38.8 Å². The number of carbonyl (C=O) groups is 2. The van der Waals surface area contributed by atoms with Gasteiger partial charge in [-0.2, -0.15) is 10.2 Å². The molecule has 0 bridgehead atoms. The number of hydrogen-bond donors (Lipinski definition) is 4. The van der Waals surface area contributed by atoms with Gasteiger partial charge in [-0.1, -0.05) is 36.4 Å². The van der Waals surface area contributed by atoms with Crippen LogP contribution in [0.25, 0.3) is 33.9 Å².